The van der Waals surface area contributed by atoms with Crippen molar-refractivity contribution in [1.29, 1.82) is 0 Å². The van der Waals surface area contributed by atoms with Gasteiger partial charge in [-0.05, 0) is 30.2 Å². The van der Waals surface area contributed by atoms with Crippen molar-refractivity contribution in [3.05, 3.63) is 41.0 Å². The van der Waals surface area contributed by atoms with Gasteiger partial charge in [0.1, 0.15) is 5.15 Å². The minimum atomic E-state index is -0.340. The lowest BCUT2D eigenvalue weighted by Gasteiger charge is -2.16. The van der Waals surface area contributed by atoms with E-state index < -0.39 is 0 Å². The van der Waals surface area contributed by atoms with Crippen LogP contribution < -0.4 is 5.73 Å². The summed E-state index contributed by atoms with van der Waals surface area (Å²) in [5, 5.41) is 1.52. The summed E-state index contributed by atoms with van der Waals surface area (Å²) in [6.07, 6.45) is 0.733. The van der Waals surface area contributed by atoms with Gasteiger partial charge >= 0.3 is 0 Å². The van der Waals surface area contributed by atoms with Crippen LogP contribution >= 0.6 is 11.6 Å². The van der Waals surface area contributed by atoms with E-state index in [1.165, 1.54) is 0 Å². The monoisotopic (exact) mass is 275 g/mol. The first-order valence-corrected chi connectivity index (χ1v) is 6.61. The zero-order chi connectivity index (χ0) is 13.4. The molecule has 1 unspecified atom stereocenters. The van der Waals surface area contributed by atoms with E-state index >= 15 is 0 Å². The number of carbonyl (C=O) groups is 1. The van der Waals surface area contributed by atoms with Crippen molar-refractivity contribution < 1.29 is 4.79 Å². The van der Waals surface area contributed by atoms with Crippen LogP contribution in [0.1, 0.15) is 12.0 Å². The molecule has 1 aromatic carbocycles. The van der Waals surface area contributed by atoms with Gasteiger partial charge in [-0.1, -0.05) is 23.7 Å². The first kappa shape index (κ1) is 12.4. The molecule has 0 spiro atoms. The number of halogens is 1. The highest BCUT2D eigenvalue weighted by Gasteiger charge is 2.28. The van der Waals surface area contributed by atoms with Crippen LogP contribution in [0, 0.1) is 0 Å². The smallest absolute Gasteiger partial charge is 0.239 e. The molecule has 1 aromatic heterocycles. The van der Waals surface area contributed by atoms with Gasteiger partial charge in [0.25, 0.3) is 0 Å². The van der Waals surface area contributed by atoms with E-state index in [4.69, 9.17) is 17.3 Å². The molecular weight excluding hydrogens is 262 g/mol. The van der Waals surface area contributed by atoms with Crippen LogP contribution in [0.25, 0.3) is 10.9 Å². The van der Waals surface area contributed by atoms with E-state index in [0.29, 0.717) is 11.7 Å². The molecule has 1 atom stereocenters. The zero-order valence-electron chi connectivity index (χ0n) is 10.3. The molecule has 2 heterocycles. The molecule has 2 N–H and O–H groups in total. The molecule has 5 heteroatoms. The van der Waals surface area contributed by atoms with E-state index in [2.05, 4.69) is 4.98 Å². The average Bonchev–Trinajstić information content (AvgIpc) is 2.70. The van der Waals surface area contributed by atoms with Crippen molar-refractivity contribution >= 4 is 28.4 Å². The Balaban J connectivity index is 1.87. The molecule has 1 aliphatic rings. The van der Waals surface area contributed by atoms with Gasteiger partial charge in [0.2, 0.25) is 5.91 Å². The Hall–Kier alpha value is -1.65. The van der Waals surface area contributed by atoms with E-state index in [0.717, 1.165) is 29.4 Å². The van der Waals surface area contributed by atoms with Crippen LogP contribution in [-0.2, 0) is 11.3 Å². The van der Waals surface area contributed by atoms with Crippen LogP contribution in [0.15, 0.2) is 30.3 Å². The summed E-state index contributed by atoms with van der Waals surface area (Å²) in [4.78, 5) is 17.9. The summed E-state index contributed by atoms with van der Waals surface area (Å²) < 4.78 is 0. The second-order valence-electron chi connectivity index (χ2n) is 4.82. The maximum atomic E-state index is 11.8. The first-order valence-electron chi connectivity index (χ1n) is 6.23. The van der Waals surface area contributed by atoms with Crippen molar-refractivity contribution in [2.75, 3.05) is 6.54 Å². The minimum absolute atomic E-state index is 0.0270. The predicted molar refractivity (Wildman–Crippen MR) is 74.8 cm³/mol. The lowest BCUT2D eigenvalue weighted by molar-refractivity contribution is -0.129. The summed E-state index contributed by atoms with van der Waals surface area (Å²) in [7, 11) is 0. The number of nitrogens with two attached hydrogens (primary N) is 1. The Morgan fingerprint density at radius 2 is 2.16 bits per heavy atom. The Kier molecular flexibility index (Phi) is 3.12. The molecular formula is C14H14ClN3O. The Bertz CT molecular complexity index is 644. The molecule has 0 aliphatic carbocycles. The largest absolute Gasteiger partial charge is 0.337 e. The molecule has 19 heavy (non-hydrogen) atoms. The number of pyridine rings is 1. The van der Waals surface area contributed by atoms with Crippen LogP contribution in [0.3, 0.4) is 0 Å². The number of hydrogen-bond donors (Lipinski definition) is 1. The van der Waals surface area contributed by atoms with Gasteiger partial charge in [0, 0.05) is 18.5 Å². The summed E-state index contributed by atoms with van der Waals surface area (Å²) >= 11 is 5.89. The quantitative estimate of drug-likeness (QED) is 0.852. The van der Waals surface area contributed by atoms with Crippen molar-refractivity contribution in [2.24, 2.45) is 5.73 Å². The van der Waals surface area contributed by atoms with Crippen LogP contribution in [-0.4, -0.2) is 28.4 Å². The highest BCUT2D eigenvalue weighted by atomic mass is 35.5. The fraction of sp³-hybridized carbons (Fsp3) is 0.286. The van der Waals surface area contributed by atoms with Crippen LogP contribution in [0.2, 0.25) is 5.15 Å². The van der Waals surface area contributed by atoms with Gasteiger partial charge in [-0.3, -0.25) is 4.79 Å². The number of fused-ring (bicyclic) bond motifs is 1. The number of benzene rings is 1. The summed E-state index contributed by atoms with van der Waals surface area (Å²) in [6, 6.07) is 9.34. The van der Waals surface area contributed by atoms with Gasteiger partial charge in [0.05, 0.1) is 11.6 Å². The fourth-order valence-corrected chi connectivity index (χ4v) is 2.53. The van der Waals surface area contributed by atoms with Gasteiger partial charge in [0.15, 0.2) is 0 Å². The van der Waals surface area contributed by atoms with E-state index in [-0.39, 0.29) is 11.9 Å². The highest BCUT2D eigenvalue weighted by Crippen LogP contribution is 2.19. The maximum Gasteiger partial charge on any atom is 0.239 e. The molecule has 1 aliphatic heterocycles. The first-order chi connectivity index (χ1) is 9.13. The molecule has 1 fully saturated rings. The summed E-state index contributed by atoms with van der Waals surface area (Å²) in [5.74, 6) is 0.0270. The molecule has 2 aromatic rings. The predicted octanol–water partition coefficient (Wildman–Crippen LogP) is 1.95. The molecule has 0 bridgehead atoms. The van der Waals surface area contributed by atoms with E-state index in [1.54, 1.807) is 11.0 Å². The number of nitrogens with zero attached hydrogens (tertiary/aromatic N) is 2. The van der Waals surface area contributed by atoms with E-state index in [9.17, 15) is 4.79 Å². The number of aromatic nitrogens is 1. The van der Waals surface area contributed by atoms with Gasteiger partial charge < -0.3 is 10.6 Å². The van der Waals surface area contributed by atoms with Crippen molar-refractivity contribution in [3.8, 4) is 0 Å². The molecule has 0 saturated carbocycles. The van der Waals surface area contributed by atoms with Crippen molar-refractivity contribution in [3.63, 3.8) is 0 Å². The Morgan fingerprint density at radius 1 is 1.37 bits per heavy atom. The third-order valence-electron chi connectivity index (χ3n) is 3.43. The van der Waals surface area contributed by atoms with Crippen molar-refractivity contribution in [2.45, 2.75) is 19.0 Å². The highest BCUT2D eigenvalue weighted by molar-refractivity contribution is 6.29. The molecule has 98 valence electrons. The van der Waals surface area contributed by atoms with Crippen molar-refractivity contribution in [1.82, 2.24) is 9.88 Å². The lowest BCUT2D eigenvalue weighted by Crippen LogP contribution is -2.33. The van der Waals surface area contributed by atoms with Gasteiger partial charge in [-0.15, -0.1) is 0 Å². The SMILES string of the molecule is NC1CCN(Cc2ccc3ccc(Cl)nc3c2)C1=O. The average molecular weight is 276 g/mol. The summed E-state index contributed by atoms with van der Waals surface area (Å²) in [6.45, 7) is 1.30. The molecule has 1 saturated heterocycles. The number of hydrogen-bond acceptors (Lipinski definition) is 3. The number of rotatable bonds is 2. The van der Waals surface area contributed by atoms with Crippen LogP contribution in [0.4, 0.5) is 0 Å². The normalized spacial score (nSPS) is 19.4. The molecule has 3 rings (SSSR count). The van der Waals surface area contributed by atoms with Crippen LogP contribution in [0.5, 0.6) is 0 Å². The zero-order valence-corrected chi connectivity index (χ0v) is 11.1. The van der Waals surface area contributed by atoms with E-state index in [1.807, 2.05) is 24.3 Å². The molecule has 4 nitrogen and oxygen atoms in total. The Labute approximate surface area is 116 Å². The lowest BCUT2D eigenvalue weighted by atomic mass is 10.1. The van der Waals surface area contributed by atoms with Gasteiger partial charge in [-0.2, -0.15) is 0 Å². The topological polar surface area (TPSA) is 59.2 Å². The fourth-order valence-electron chi connectivity index (χ4n) is 2.38. The second kappa shape index (κ2) is 4.79. The number of carbonyl (C=O) groups excluding carboxylic acids is 1. The summed E-state index contributed by atoms with van der Waals surface area (Å²) in [5.41, 5.74) is 7.61. The number of likely N-dealkylation sites (tertiary alicyclic amines) is 1. The maximum absolute atomic E-state index is 11.8. The molecule has 1 amide bonds. The molecule has 0 radical (unpaired) electrons. The number of amides is 1. The third-order valence-corrected chi connectivity index (χ3v) is 3.65. The second-order valence-corrected chi connectivity index (χ2v) is 5.20. The third kappa shape index (κ3) is 2.41. The minimum Gasteiger partial charge on any atom is -0.337 e. The van der Waals surface area contributed by atoms with Gasteiger partial charge in [-0.25, -0.2) is 4.98 Å². The Morgan fingerprint density at radius 3 is 2.89 bits per heavy atom. The standard InChI is InChI=1S/C14H14ClN3O/c15-13-4-3-10-2-1-9(7-12(10)17-13)8-18-6-5-11(16)14(18)19/h1-4,7,11H,5-6,8,16H2.